The van der Waals surface area contributed by atoms with Crippen LogP contribution >= 0.6 is 0 Å². The number of fused-ring (bicyclic) bond motifs is 1. The summed E-state index contributed by atoms with van der Waals surface area (Å²) in [6.45, 7) is 5.74. The van der Waals surface area contributed by atoms with Crippen LogP contribution in [0.4, 0.5) is 0 Å². The second-order valence-corrected chi connectivity index (χ2v) is 8.39. The second-order valence-electron chi connectivity index (χ2n) is 8.39. The first-order valence-corrected chi connectivity index (χ1v) is 11.1. The Balaban J connectivity index is 1.26. The molecule has 1 N–H and O–H groups in total. The van der Waals surface area contributed by atoms with E-state index in [4.69, 9.17) is 18.4 Å². The van der Waals surface area contributed by atoms with E-state index in [0.717, 1.165) is 43.2 Å². The molecule has 0 aliphatic carbocycles. The maximum Gasteiger partial charge on any atom is 0.273 e. The fourth-order valence-electron chi connectivity index (χ4n) is 4.23. The maximum absolute atomic E-state index is 12.8. The summed E-state index contributed by atoms with van der Waals surface area (Å²) in [6.07, 6.45) is 3.97. The van der Waals surface area contributed by atoms with Crippen LogP contribution in [0.3, 0.4) is 0 Å². The van der Waals surface area contributed by atoms with Gasteiger partial charge in [0.05, 0.1) is 12.3 Å². The van der Waals surface area contributed by atoms with Crippen molar-refractivity contribution in [3.05, 3.63) is 54.1 Å². The van der Waals surface area contributed by atoms with Gasteiger partial charge in [-0.15, -0.1) is 0 Å². The molecule has 1 amide bonds. The van der Waals surface area contributed by atoms with Crippen molar-refractivity contribution in [1.29, 1.82) is 0 Å². The van der Waals surface area contributed by atoms with Crippen molar-refractivity contribution in [2.75, 3.05) is 32.8 Å². The highest BCUT2D eigenvalue weighted by Crippen LogP contribution is 2.34. The molecule has 2 aliphatic rings. The molecule has 1 fully saturated rings. The minimum absolute atomic E-state index is 0.00869. The molecular formula is C24H27N3O5. The molecule has 0 radical (unpaired) electrons. The first-order valence-electron chi connectivity index (χ1n) is 11.1. The number of nitrogens with zero attached hydrogens (tertiary/aromatic N) is 2. The van der Waals surface area contributed by atoms with Crippen LogP contribution in [0.5, 0.6) is 11.5 Å². The third-order valence-electron chi connectivity index (χ3n) is 6.16. The average molecular weight is 437 g/mol. The average Bonchev–Trinajstić information content (AvgIpc) is 3.53. The van der Waals surface area contributed by atoms with Gasteiger partial charge in [0, 0.05) is 18.2 Å². The lowest BCUT2D eigenvalue weighted by Gasteiger charge is -2.35. The summed E-state index contributed by atoms with van der Waals surface area (Å²) in [5.74, 6) is 3.17. The molecule has 5 rings (SSSR count). The van der Waals surface area contributed by atoms with Crippen LogP contribution in [0.15, 0.2) is 51.6 Å². The molecule has 0 unspecified atom stereocenters. The number of hydrogen-bond acceptors (Lipinski definition) is 7. The zero-order valence-corrected chi connectivity index (χ0v) is 18.1. The van der Waals surface area contributed by atoms with Crippen molar-refractivity contribution < 1.29 is 23.2 Å². The van der Waals surface area contributed by atoms with Crippen LogP contribution in [0.25, 0.3) is 11.3 Å². The number of amides is 1. The number of piperidine rings is 1. The number of ether oxygens (including phenoxy) is 2. The highest BCUT2D eigenvalue weighted by molar-refractivity contribution is 5.93. The summed E-state index contributed by atoms with van der Waals surface area (Å²) in [5.41, 5.74) is 1.01. The minimum atomic E-state index is -0.278. The molecule has 0 saturated carbocycles. The lowest BCUT2D eigenvalue weighted by Crippen LogP contribution is -2.41. The van der Waals surface area contributed by atoms with Gasteiger partial charge in [-0.3, -0.25) is 9.69 Å². The summed E-state index contributed by atoms with van der Waals surface area (Å²) >= 11 is 0. The van der Waals surface area contributed by atoms with E-state index < -0.39 is 0 Å². The number of carbonyl (C=O) groups excluding carboxylic acids is 1. The molecule has 8 nitrogen and oxygen atoms in total. The minimum Gasteiger partial charge on any atom is -0.486 e. The summed E-state index contributed by atoms with van der Waals surface area (Å²) in [7, 11) is 0. The Kier molecular flexibility index (Phi) is 5.85. The van der Waals surface area contributed by atoms with Gasteiger partial charge in [0.25, 0.3) is 5.91 Å². The maximum atomic E-state index is 12.8. The van der Waals surface area contributed by atoms with E-state index in [1.54, 1.807) is 12.3 Å². The van der Waals surface area contributed by atoms with E-state index in [1.807, 2.05) is 30.3 Å². The van der Waals surface area contributed by atoms with Gasteiger partial charge in [-0.25, -0.2) is 0 Å². The number of likely N-dealkylation sites (tertiary alicyclic amines) is 1. The van der Waals surface area contributed by atoms with Crippen molar-refractivity contribution in [3.63, 3.8) is 0 Å². The van der Waals surface area contributed by atoms with Crippen LogP contribution in [0.1, 0.15) is 42.1 Å². The first-order chi connectivity index (χ1) is 15.7. The molecule has 8 heteroatoms. The number of nitrogens with one attached hydrogen (secondary N) is 1. The van der Waals surface area contributed by atoms with E-state index in [9.17, 15) is 4.79 Å². The fourth-order valence-corrected chi connectivity index (χ4v) is 4.23. The SMILES string of the molecule is CC1CCN([C@H](CNC(=O)c2cc(-c3ccc4c(c3)OCCO4)on2)c2ccco2)CC1. The van der Waals surface area contributed by atoms with E-state index in [2.05, 4.69) is 22.3 Å². The van der Waals surface area contributed by atoms with Crippen LogP contribution < -0.4 is 14.8 Å². The molecule has 168 valence electrons. The number of hydrogen-bond donors (Lipinski definition) is 1. The second kappa shape index (κ2) is 9.08. The van der Waals surface area contributed by atoms with Gasteiger partial charge in [0.2, 0.25) is 0 Å². The fraction of sp³-hybridized carbons (Fsp3) is 0.417. The van der Waals surface area contributed by atoms with Crippen molar-refractivity contribution in [3.8, 4) is 22.8 Å². The lowest BCUT2D eigenvalue weighted by molar-refractivity contribution is 0.0887. The van der Waals surface area contributed by atoms with Gasteiger partial charge < -0.3 is 23.7 Å². The smallest absolute Gasteiger partial charge is 0.273 e. The van der Waals surface area contributed by atoms with Crippen molar-refractivity contribution in [2.45, 2.75) is 25.8 Å². The Hall–Kier alpha value is -3.26. The molecule has 3 aromatic rings. The molecule has 32 heavy (non-hydrogen) atoms. The monoisotopic (exact) mass is 437 g/mol. The summed E-state index contributed by atoms with van der Waals surface area (Å²) in [5, 5.41) is 6.97. The summed E-state index contributed by atoms with van der Waals surface area (Å²) < 4.78 is 22.3. The molecule has 1 saturated heterocycles. The number of carbonyl (C=O) groups is 1. The van der Waals surface area contributed by atoms with Gasteiger partial charge in [-0.05, 0) is 62.2 Å². The van der Waals surface area contributed by atoms with Crippen LogP contribution in [-0.4, -0.2) is 48.8 Å². The number of rotatable bonds is 6. The van der Waals surface area contributed by atoms with Crippen LogP contribution in [0.2, 0.25) is 0 Å². The molecule has 0 spiro atoms. The van der Waals surface area contributed by atoms with Gasteiger partial charge in [0.1, 0.15) is 19.0 Å². The van der Waals surface area contributed by atoms with Gasteiger partial charge in [0.15, 0.2) is 23.0 Å². The number of furan rings is 1. The van der Waals surface area contributed by atoms with E-state index in [0.29, 0.717) is 37.0 Å². The molecule has 0 bridgehead atoms. The molecule has 1 aromatic carbocycles. The van der Waals surface area contributed by atoms with Gasteiger partial charge in [-0.1, -0.05) is 12.1 Å². The normalized spacial score (nSPS) is 17.8. The van der Waals surface area contributed by atoms with E-state index >= 15 is 0 Å². The van der Waals surface area contributed by atoms with Gasteiger partial charge >= 0.3 is 0 Å². The highest BCUT2D eigenvalue weighted by Gasteiger charge is 2.27. The van der Waals surface area contributed by atoms with Crippen LogP contribution in [-0.2, 0) is 0 Å². The van der Waals surface area contributed by atoms with Crippen molar-refractivity contribution in [2.24, 2.45) is 5.92 Å². The Morgan fingerprint density at radius 1 is 1.16 bits per heavy atom. The van der Waals surface area contributed by atoms with Crippen molar-refractivity contribution in [1.82, 2.24) is 15.4 Å². The zero-order valence-electron chi connectivity index (χ0n) is 18.1. The Bertz CT molecular complexity index is 1050. The zero-order chi connectivity index (χ0) is 21.9. The Morgan fingerprint density at radius 3 is 2.75 bits per heavy atom. The number of aromatic nitrogens is 1. The highest BCUT2D eigenvalue weighted by atomic mass is 16.6. The molecule has 2 aliphatic heterocycles. The summed E-state index contributed by atoms with van der Waals surface area (Å²) in [4.78, 5) is 15.2. The van der Waals surface area contributed by atoms with E-state index in [1.165, 1.54) is 0 Å². The first kappa shape index (κ1) is 20.6. The number of benzene rings is 1. The molecule has 4 heterocycles. The molecule has 1 atom stereocenters. The van der Waals surface area contributed by atoms with E-state index in [-0.39, 0.29) is 17.6 Å². The summed E-state index contributed by atoms with van der Waals surface area (Å²) in [6, 6.07) is 11.0. The Labute approximate surface area is 186 Å². The van der Waals surface area contributed by atoms with Crippen molar-refractivity contribution >= 4 is 5.91 Å². The Morgan fingerprint density at radius 2 is 1.97 bits per heavy atom. The predicted molar refractivity (Wildman–Crippen MR) is 117 cm³/mol. The largest absolute Gasteiger partial charge is 0.486 e. The molecular weight excluding hydrogens is 410 g/mol. The predicted octanol–water partition coefficient (Wildman–Crippen LogP) is 3.91. The quantitative estimate of drug-likeness (QED) is 0.625. The lowest BCUT2D eigenvalue weighted by atomic mass is 9.97. The third kappa shape index (κ3) is 4.36. The molecule has 2 aromatic heterocycles. The topological polar surface area (TPSA) is 90.0 Å². The third-order valence-corrected chi connectivity index (χ3v) is 6.16. The standard InChI is InChI=1S/C24H27N3O5/c1-16-6-8-27(9-7-16)19(20-3-2-10-29-20)15-25-24(28)18-14-22(32-26-18)17-4-5-21-23(13-17)31-12-11-30-21/h2-5,10,13-14,16,19H,6-9,11-12,15H2,1H3,(H,25,28)/t19-/m1/s1. The van der Waals surface area contributed by atoms with Crippen LogP contribution in [0, 0.1) is 5.92 Å². The van der Waals surface area contributed by atoms with Gasteiger partial charge in [-0.2, -0.15) is 0 Å².